The summed E-state index contributed by atoms with van der Waals surface area (Å²) >= 11 is 3.43. The predicted molar refractivity (Wildman–Crippen MR) is 78.4 cm³/mol. The van der Waals surface area contributed by atoms with Gasteiger partial charge in [-0.25, -0.2) is 0 Å². The zero-order valence-electron chi connectivity index (χ0n) is 10.9. The number of ether oxygens (including phenoxy) is 1. The van der Waals surface area contributed by atoms with Crippen molar-refractivity contribution in [2.24, 2.45) is 5.92 Å². The van der Waals surface area contributed by atoms with Crippen LogP contribution < -0.4 is 5.73 Å². The lowest BCUT2D eigenvalue weighted by atomic mass is 9.98. The Balaban J connectivity index is 1.93. The van der Waals surface area contributed by atoms with Crippen molar-refractivity contribution in [1.82, 2.24) is 4.90 Å². The molecule has 0 spiro atoms. The van der Waals surface area contributed by atoms with E-state index in [1.807, 2.05) is 6.07 Å². The normalized spacial score (nSPS) is 21.1. The van der Waals surface area contributed by atoms with Gasteiger partial charge in [-0.15, -0.1) is 0 Å². The fourth-order valence-corrected chi connectivity index (χ4v) is 2.86. The molecule has 0 saturated carbocycles. The van der Waals surface area contributed by atoms with Crippen LogP contribution in [0.25, 0.3) is 0 Å². The Labute approximate surface area is 117 Å². The van der Waals surface area contributed by atoms with Gasteiger partial charge in [-0.2, -0.15) is 0 Å². The molecule has 1 aliphatic rings. The third-order valence-electron chi connectivity index (χ3n) is 3.47. The van der Waals surface area contributed by atoms with Crippen molar-refractivity contribution in [3.63, 3.8) is 0 Å². The second-order valence-corrected chi connectivity index (χ2v) is 5.91. The molecule has 1 unspecified atom stereocenters. The fourth-order valence-electron chi connectivity index (χ4n) is 2.62. The lowest BCUT2D eigenvalue weighted by molar-refractivity contribution is 0.0874. The highest BCUT2D eigenvalue weighted by Crippen LogP contribution is 2.23. The number of methoxy groups -OCH3 is 1. The number of nitrogens with two attached hydrogens (primary N) is 1. The van der Waals surface area contributed by atoms with Crippen LogP contribution in [0, 0.1) is 5.92 Å². The molecule has 0 amide bonds. The van der Waals surface area contributed by atoms with Crippen molar-refractivity contribution in [2.75, 3.05) is 32.5 Å². The summed E-state index contributed by atoms with van der Waals surface area (Å²) < 4.78 is 6.24. The molecule has 1 atom stereocenters. The van der Waals surface area contributed by atoms with Gasteiger partial charge in [0.25, 0.3) is 0 Å². The van der Waals surface area contributed by atoms with Crippen LogP contribution in [0.15, 0.2) is 22.7 Å². The van der Waals surface area contributed by atoms with Gasteiger partial charge >= 0.3 is 0 Å². The average molecular weight is 313 g/mol. The van der Waals surface area contributed by atoms with Gasteiger partial charge in [0.1, 0.15) is 0 Å². The largest absolute Gasteiger partial charge is 0.398 e. The first-order valence-corrected chi connectivity index (χ1v) is 7.23. The van der Waals surface area contributed by atoms with Crippen molar-refractivity contribution < 1.29 is 4.74 Å². The highest BCUT2D eigenvalue weighted by molar-refractivity contribution is 9.10. The second-order valence-electron chi connectivity index (χ2n) is 5.05. The van der Waals surface area contributed by atoms with Crippen LogP contribution in [0.2, 0.25) is 0 Å². The maximum atomic E-state index is 5.92. The first-order valence-electron chi connectivity index (χ1n) is 6.44. The van der Waals surface area contributed by atoms with E-state index in [4.69, 9.17) is 10.5 Å². The summed E-state index contributed by atoms with van der Waals surface area (Å²) in [5.74, 6) is 0.677. The monoisotopic (exact) mass is 312 g/mol. The van der Waals surface area contributed by atoms with Crippen LogP contribution in [0.4, 0.5) is 5.69 Å². The third-order valence-corrected chi connectivity index (χ3v) is 4.19. The molecule has 100 valence electrons. The standard InChI is InChI=1S/C14H21BrN2O/c1-18-10-12-3-2-6-17(9-12)8-11-4-5-13(15)14(16)7-11/h4-5,7,12H,2-3,6,8-10,16H2,1H3. The van der Waals surface area contributed by atoms with E-state index in [2.05, 4.69) is 33.0 Å². The van der Waals surface area contributed by atoms with E-state index in [9.17, 15) is 0 Å². The number of likely N-dealkylation sites (tertiary alicyclic amines) is 1. The number of rotatable bonds is 4. The van der Waals surface area contributed by atoms with Gasteiger partial charge in [0, 0.05) is 30.4 Å². The summed E-state index contributed by atoms with van der Waals surface area (Å²) in [6.45, 7) is 4.16. The molecule has 1 aromatic rings. The third kappa shape index (κ3) is 3.70. The van der Waals surface area contributed by atoms with Gasteiger partial charge in [-0.05, 0) is 58.9 Å². The summed E-state index contributed by atoms with van der Waals surface area (Å²) in [7, 11) is 1.79. The first-order chi connectivity index (χ1) is 8.69. The smallest absolute Gasteiger partial charge is 0.0502 e. The summed E-state index contributed by atoms with van der Waals surface area (Å²) in [6.07, 6.45) is 2.55. The van der Waals surface area contributed by atoms with Crippen LogP contribution in [-0.2, 0) is 11.3 Å². The Kier molecular flexibility index (Phi) is 5.03. The molecule has 2 rings (SSSR count). The van der Waals surface area contributed by atoms with Crippen LogP contribution in [0.5, 0.6) is 0 Å². The number of benzene rings is 1. The molecule has 1 saturated heterocycles. The quantitative estimate of drug-likeness (QED) is 0.869. The molecule has 0 radical (unpaired) electrons. The predicted octanol–water partition coefficient (Wildman–Crippen LogP) is 2.89. The molecule has 1 aliphatic heterocycles. The Morgan fingerprint density at radius 1 is 1.50 bits per heavy atom. The Morgan fingerprint density at radius 2 is 2.33 bits per heavy atom. The van der Waals surface area contributed by atoms with Crippen LogP contribution >= 0.6 is 15.9 Å². The topological polar surface area (TPSA) is 38.5 Å². The number of hydrogen-bond donors (Lipinski definition) is 1. The number of hydrogen-bond acceptors (Lipinski definition) is 3. The van der Waals surface area contributed by atoms with Crippen molar-refractivity contribution in [3.05, 3.63) is 28.2 Å². The fraction of sp³-hybridized carbons (Fsp3) is 0.571. The van der Waals surface area contributed by atoms with Gasteiger partial charge in [-0.3, -0.25) is 4.90 Å². The van der Waals surface area contributed by atoms with Gasteiger partial charge in [0.05, 0.1) is 6.61 Å². The lowest BCUT2D eigenvalue weighted by Crippen LogP contribution is -2.36. The van der Waals surface area contributed by atoms with Crippen LogP contribution in [0.1, 0.15) is 18.4 Å². The minimum absolute atomic E-state index is 0.677. The van der Waals surface area contributed by atoms with Crippen LogP contribution in [0.3, 0.4) is 0 Å². The van der Waals surface area contributed by atoms with Crippen LogP contribution in [-0.4, -0.2) is 31.7 Å². The molecule has 0 bridgehead atoms. The van der Waals surface area contributed by atoms with E-state index in [0.29, 0.717) is 5.92 Å². The Bertz CT molecular complexity index is 395. The minimum atomic E-state index is 0.677. The van der Waals surface area contributed by atoms with E-state index in [0.717, 1.165) is 29.9 Å². The summed E-state index contributed by atoms with van der Waals surface area (Å²) in [5, 5.41) is 0. The molecule has 1 fully saturated rings. The number of anilines is 1. The van der Waals surface area contributed by atoms with Crippen molar-refractivity contribution in [3.8, 4) is 0 Å². The van der Waals surface area contributed by atoms with Gasteiger partial charge < -0.3 is 10.5 Å². The van der Waals surface area contributed by atoms with E-state index in [1.165, 1.54) is 24.9 Å². The number of piperidine rings is 1. The molecule has 18 heavy (non-hydrogen) atoms. The molecule has 0 aromatic heterocycles. The Hall–Kier alpha value is -0.580. The molecular formula is C14H21BrN2O. The molecule has 1 aromatic carbocycles. The maximum absolute atomic E-state index is 5.92. The van der Waals surface area contributed by atoms with E-state index in [-0.39, 0.29) is 0 Å². The highest BCUT2D eigenvalue weighted by atomic mass is 79.9. The number of nitrogen functional groups attached to an aromatic ring is 1. The first kappa shape index (κ1) is 13.8. The zero-order valence-corrected chi connectivity index (χ0v) is 12.4. The lowest BCUT2D eigenvalue weighted by Gasteiger charge is -2.32. The van der Waals surface area contributed by atoms with Crippen molar-refractivity contribution in [2.45, 2.75) is 19.4 Å². The Morgan fingerprint density at radius 3 is 3.06 bits per heavy atom. The van der Waals surface area contributed by atoms with E-state index >= 15 is 0 Å². The minimum Gasteiger partial charge on any atom is -0.398 e. The number of nitrogens with zero attached hydrogens (tertiary/aromatic N) is 1. The molecule has 4 heteroatoms. The molecule has 2 N–H and O–H groups in total. The van der Waals surface area contributed by atoms with Gasteiger partial charge in [0.15, 0.2) is 0 Å². The molecule has 0 aliphatic carbocycles. The summed E-state index contributed by atoms with van der Waals surface area (Å²) in [4.78, 5) is 2.50. The van der Waals surface area contributed by atoms with Gasteiger partial charge in [-0.1, -0.05) is 6.07 Å². The van der Waals surface area contributed by atoms with E-state index in [1.54, 1.807) is 7.11 Å². The zero-order chi connectivity index (χ0) is 13.0. The molecule has 3 nitrogen and oxygen atoms in total. The molecular weight excluding hydrogens is 292 g/mol. The summed E-state index contributed by atoms with van der Waals surface area (Å²) in [5.41, 5.74) is 8.02. The highest BCUT2D eigenvalue weighted by Gasteiger charge is 2.19. The summed E-state index contributed by atoms with van der Waals surface area (Å²) in [6, 6.07) is 6.23. The molecule has 1 heterocycles. The van der Waals surface area contributed by atoms with Gasteiger partial charge in [0.2, 0.25) is 0 Å². The number of halogens is 1. The van der Waals surface area contributed by atoms with E-state index < -0.39 is 0 Å². The average Bonchev–Trinajstić information content (AvgIpc) is 2.35. The SMILES string of the molecule is COCC1CCCN(Cc2ccc(Br)c(N)c2)C1. The maximum Gasteiger partial charge on any atom is 0.0502 e. The van der Waals surface area contributed by atoms with Crippen molar-refractivity contribution >= 4 is 21.6 Å². The second kappa shape index (κ2) is 6.55. The van der Waals surface area contributed by atoms with Crippen molar-refractivity contribution in [1.29, 1.82) is 0 Å².